The van der Waals surface area contributed by atoms with Crippen molar-refractivity contribution < 1.29 is 19.3 Å². The van der Waals surface area contributed by atoms with Gasteiger partial charge < -0.3 is 9.80 Å². The van der Waals surface area contributed by atoms with Gasteiger partial charge in [-0.25, -0.2) is 9.59 Å². The third kappa shape index (κ3) is 9.69. The molecule has 2 aliphatic heterocycles. The second-order valence-corrected chi connectivity index (χ2v) is 12.9. The van der Waals surface area contributed by atoms with E-state index in [0.29, 0.717) is 18.8 Å². The van der Waals surface area contributed by atoms with Crippen LogP contribution in [0, 0.1) is 0 Å². The van der Waals surface area contributed by atoms with Crippen molar-refractivity contribution in [3.8, 4) is 0 Å². The van der Waals surface area contributed by atoms with Gasteiger partial charge in [-0.2, -0.15) is 0 Å². The number of carbonyl (C=O) groups excluding carboxylic acids is 2. The number of piperidine rings is 2. The van der Waals surface area contributed by atoms with Gasteiger partial charge in [0.1, 0.15) is 5.71 Å². The Hall–Kier alpha value is -4.11. The number of unbranched alkanes of at least 4 members (excludes halogenated alkanes) is 2. The summed E-state index contributed by atoms with van der Waals surface area (Å²) in [6.45, 7) is 5.06. The lowest BCUT2D eigenvalue weighted by molar-refractivity contribution is 0.0975. The molecule has 242 valence electrons. The zero-order chi connectivity index (χ0) is 32.0. The minimum atomic E-state index is -0.400. The largest absolute Gasteiger partial charge is 0.435 e. The van der Waals surface area contributed by atoms with Gasteiger partial charge >= 0.3 is 12.2 Å². The number of hydrogen-bond donors (Lipinski definition) is 0. The first-order valence-electron chi connectivity index (χ1n) is 16.6. The molecule has 0 aromatic heterocycles. The van der Waals surface area contributed by atoms with Crippen LogP contribution in [0.3, 0.4) is 0 Å². The Bertz CT molecular complexity index is 1460. The van der Waals surface area contributed by atoms with Crippen LogP contribution in [-0.4, -0.2) is 59.6 Å². The number of carbonyl (C=O) groups is 2. The number of amides is 2. The molecule has 0 saturated carbocycles. The molecule has 9 heteroatoms. The highest BCUT2D eigenvalue weighted by atomic mass is 32.2. The molecule has 2 saturated heterocycles. The van der Waals surface area contributed by atoms with E-state index in [1.165, 1.54) is 0 Å². The molecule has 0 bridgehead atoms. The van der Waals surface area contributed by atoms with E-state index in [9.17, 15) is 9.59 Å². The number of likely N-dealkylation sites (tertiary alicyclic amines) is 2. The van der Waals surface area contributed by atoms with Gasteiger partial charge in [-0.3, -0.25) is 9.68 Å². The fourth-order valence-electron chi connectivity index (χ4n) is 5.63. The van der Waals surface area contributed by atoms with E-state index in [4.69, 9.17) is 9.68 Å². The van der Waals surface area contributed by atoms with Gasteiger partial charge in [-0.05, 0) is 81.2 Å². The van der Waals surface area contributed by atoms with E-state index in [2.05, 4.69) is 41.5 Å². The van der Waals surface area contributed by atoms with Crippen molar-refractivity contribution in [2.75, 3.05) is 26.2 Å². The highest BCUT2D eigenvalue weighted by Crippen LogP contribution is 2.29. The fourth-order valence-corrected chi connectivity index (χ4v) is 6.45. The summed E-state index contributed by atoms with van der Waals surface area (Å²) in [4.78, 5) is 41.7. The standard InChI is InChI=1S/C37H44N4O4S/c1-2-3-7-16-34(38-44-36(42)40-25-10-5-11-26-40)29-17-21-32(22-18-29)46-33-23-19-31(20-24-33)35(30-14-8-4-9-15-30)39-45-37(43)41-27-12-6-13-28-41/h4,8-9,14-15,17-24H,2-3,5-7,10-13,16,25-28H2,1H3/b38-34+,39-35+. The summed E-state index contributed by atoms with van der Waals surface area (Å²) in [5.74, 6) is 0. The molecule has 46 heavy (non-hydrogen) atoms. The summed E-state index contributed by atoms with van der Waals surface area (Å²) in [7, 11) is 0. The number of rotatable bonds is 11. The minimum Gasteiger partial charge on any atom is -0.306 e. The molecule has 2 heterocycles. The lowest BCUT2D eigenvalue weighted by Gasteiger charge is -2.24. The Morgan fingerprint density at radius 1 is 0.630 bits per heavy atom. The number of benzene rings is 3. The highest BCUT2D eigenvalue weighted by molar-refractivity contribution is 7.99. The molecule has 0 radical (unpaired) electrons. The van der Waals surface area contributed by atoms with Crippen LogP contribution in [0.5, 0.6) is 0 Å². The first-order valence-corrected chi connectivity index (χ1v) is 17.4. The Morgan fingerprint density at radius 2 is 1.13 bits per heavy atom. The van der Waals surface area contributed by atoms with Crippen LogP contribution >= 0.6 is 11.8 Å². The summed E-state index contributed by atoms with van der Waals surface area (Å²) in [5.41, 5.74) is 4.12. The molecule has 5 rings (SSSR count). The topological polar surface area (TPSA) is 83.8 Å². The van der Waals surface area contributed by atoms with E-state index in [1.807, 2.05) is 54.6 Å². The van der Waals surface area contributed by atoms with Crippen LogP contribution < -0.4 is 0 Å². The highest BCUT2D eigenvalue weighted by Gasteiger charge is 2.20. The summed E-state index contributed by atoms with van der Waals surface area (Å²) in [6, 6.07) is 26.1. The van der Waals surface area contributed by atoms with Crippen molar-refractivity contribution in [2.24, 2.45) is 10.3 Å². The van der Waals surface area contributed by atoms with Crippen LogP contribution in [0.15, 0.2) is 99.0 Å². The van der Waals surface area contributed by atoms with Gasteiger partial charge in [0.15, 0.2) is 0 Å². The predicted octanol–water partition coefficient (Wildman–Crippen LogP) is 9.12. The zero-order valence-electron chi connectivity index (χ0n) is 26.7. The van der Waals surface area contributed by atoms with Gasteiger partial charge in [0.25, 0.3) is 0 Å². The Balaban J connectivity index is 1.25. The molecule has 2 aliphatic rings. The number of oxime groups is 2. The molecule has 8 nitrogen and oxygen atoms in total. The van der Waals surface area contributed by atoms with Gasteiger partial charge in [-0.15, -0.1) is 0 Å². The average Bonchev–Trinajstić information content (AvgIpc) is 3.12. The smallest absolute Gasteiger partial charge is 0.306 e. The Kier molecular flexibility index (Phi) is 12.7. The third-order valence-corrected chi connectivity index (χ3v) is 9.31. The van der Waals surface area contributed by atoms with Gasteiger partial charge in [0.2, 0.25) is 0 Å². The molecule has 0 aliphatic carbocycles. The molecule has 0 unspecified atom stereocenters. The molecular formula is C37H44N4O4S. The Labute approximate surface area is 276 Å². The van der Waals surface area contributed by atoms with E-state index in [1.54, 1.807) is 21.6 Å². The summed E-state index contributed by atoms with van der Waals surface area (Å²) < 4.78 is 0. The van der Waals surface area contributed by atoms with E-state index in [0.717, 1.165) is 109 Å². The summed E-state index contributed by atoms with van der Waals surface area (Å²) in [6.07, 6.45) is 9.51. The molecule has 3 aromatic rings. The number of hydrogen-bond acceptors (Lipinski definition) is 7. The first kappa shape index (κ1) is 33.3. The lowest BCUT2D eigenvalue weighted by Crippen LogP contribution is -2.35. The SMILES string of the molecule is CCCCC/C(=N\OC(=O)N1CCCCC1)c1ccc(Sc2ccc(/C(=N/OC(=O)N3CCCCC3)c3ccccc3)cc2)cc1. The zero-order valence-corrected chi connectivity index (χ0v) is 27.6. The fraction of sp³-hybridized carbons (Fsp3) is 0.405. The first-order chi connectivity index (χ1) is 22.6. The maximum Gasteiger partial charge on any atom is 0.435 e. The average molecular weight is 641 g/mol. The van der Waals surface area contributed by atoms with Gasteiger partial charge in [0, 0.05) is 47.1 Å². The van der Waals surface area contributed by atoms with Crippen molar-refractivity contribution in [3.63, 3.8) is 0 Å². The normalized spacial score (nSPS) is 15.8. The summed E-state index contributed by atoms with van der Waals surface area (Å²) in [5, 5.41) is 8.66. The van der Waals surface area contributed by atoms with Gasteiger partial charge in [0.05, 0.1) is 5.71 Å². The molecular weight excluding hydrogens is 596 g/mol. The van der Waals surface area contributed by atoms with Crippen LogP contribution in [0.1, 0.15) is 87.8 Å². The Morgan fingerprint density at radius 3 is 1.67 bits per heavy atom. The molecule has 2 fully saturated rings. The molecule has 0 atom stereocenters. The van der Waals surface area contributed by atoms with E-state index in [-0.39, 0.29) is 6.09 Å². The molecule has 0 spiro atoms. The van der Waals surface area contributed by atoms with Crippen molar-refractivity contribution in [2.45, 2.75) is 80.9 Å². The quantitative estimate of drug-likeness (QED) is 0.0903. The second-order valence-electron chi connectivity index (χ2n) is 11.8. The van der Waals surface area contributed by atoms with Crippen LogP contribution in [0.4, 0.5) is 9.59 Å². The van der Waals surface area contributed by atoms with Crippen LogP contribution in [0.25, 0.3) is 0 Å². The maximum absolute atomic E-state index is 12.6. The van der Waals surface area contributed by atoms with Crippen molar-refractivity contribution >= 4 is 35.4 Å². The monoisotopic (exact) mass is 640 g/mol. The molecule has 2 amide bonds. The lowest BCUT2D eigenvalue weighted by atomic mass is 10.0. The van der Waals surface area contributed by atoms with Crippen molar-refractivity contribution in [1.82, 2.24) is 9.80 Å². The van der Waals surface area contributed by atoms with Crippen LogP contribution in [0.2, 0.25) is 0 Å². The molecule has 0 N–H and O–H groups in total. The second kappa shape index (κ2) is 17.5. The van der Waals surface area contributed by atoms with Gasteiger partial charge in [-0.1, -0.05) is 96.4 Å². The van der Waals surface area contributed by atoms with E-state index >= 15 is 0 Å². The van der Waals surface area contributed by atoms with Crippen LogP contribution in [-0.2, 0) is 9.68 Å². The minimum absolute atomic E-state index is 0.357. The maximum atomic E-state index is 12.6. The van der Waals surface area contributed by atoms with Crippen molar-refractivity contribution in [3.05, 3.63) is 95.6 Å². The third-order valence-electron chi connectivity index (χ3n) is 8.29. The van der Waals surface area contributed by atoms with Crippen molar-refractivity contribution in [1.29, 1.82) is 0 Å². The number of nitrogens with zero attached hydrogens (tertiary/aromatic N) is 4. The molecule has 3 aromatic carbocycles. The summed E-state index contributed by atoms with van der Waals surface area (Å²) >= 11 is 1.66. The predicted molar refractivity (Wildman–Crippen MR) is 184 cm³/mol. The van der Waals surface area contributed by atoms with E-state index < -0.39 is 6.09 Å².